The third-order valence-electron chi connectivity index (χ3n) is 3.16. The lowest BCUT2D eigenvalue weighted by Crippen LogP contribution is -2.13. The van der Waals surface area contributed by atoms with Crippen molar-refractivity contribution >= 4 is 34.2 Å². The number of fused-ring (bicyclic) bond motifs is 2. The minimum absolute atomic E-state index is 0.0783. The number of nitrogens with two attached hydrogens (primary N) is 2. The Morgan fingerprint density at radius 3 is 2.42 bits per heavy atom. The Hall–Kier alpha value is -3.70. The topological polar surface area (TPSA) is 190 Å². The lowest BCUT2D eigenvalue weighted by Gasteiger charge is -1.96. The van der Waals surface area contributed by atoms with Crippen molar-refractivity contribution in [2.45, 2.75) is 13.5 Å². The molecule has 0 atom stereocenters. The Morgan fingerprint density at radius 2 is 1.71 bits per heavy atom. The number of anilines is 2. The molecule has 12 heteroatoms. The van der Waals surface area contributed by atoms with Crippen LogP contribution in [0, 0.1) is 0 Å². The number of aryl methyl sites for hydroxylation is 1. The summed E-state index contributed by atoms with van der Waals surface area (Å²) in [6, 6.07) is 0. The third-order valence-corrected chi connectivity index (χ3v) is 3.16. The van der Waals surface area contributed by atoms with Gasteiger partial charge in [-0.1, -0.05) is 0 Å². The summed E-state index contributed by atoms with van der Waals surface area (Å²) in [5.74, 6) is 0.174. The summed E-state index contributed by atoms with van der Waals surface area (Å²) in [5.41, 5.74) is 11.6. The highest BCUT2D eigenvalue weighted by Gasteiger charge is 2.07. The van der Waals surface area contributed by atoms with Crippen LogP contribution in [0.25, 0.3) is 22.3 Å². The zero-order chi connectivity index (χ0) is 17.3. The van der Waals surface area contributed by atoms with Crippen LogP contribution in [0.2, 0.25) is 0 Å². The first-order valence-corrected chi connectivity index (χ1v) is 6.89. The minimum Gasteiger partial charge on any atom is -0.369 e. The molecule has 4 rings (SSSR count). The van der Waals surface area contributed by atoms with Gasteiger partial charge >= 0.3 is 0 Å². The van der Waals surface area contributed by atoms with Crippen molar-refractivity contribution in [3.05, 3.63) is 33.4 Å². The molecule has 4 heterocycles. The fourth-order valence-corrected chi connectivity index (χ4v) is 2.10. The van der Waals surface area contributed by atoms with E-state index >= 15 is 0 Å². The van der Waals surface area contributed by atoms with Crippen molar-refractivity contribution in [2.24, 2.45) is 0 Å². The van der Waals surface area contributed by atoms with Crippen LogP contribution in [0.5, 0.6) is 0 Å². The van der Waals surface area contributed by atoms with Gasteiger partial charge in [-0.2, -0.15) is 9.97 Å². The van der Waals surface area contributed by atoms with Crippen molar-refractivity contribution < 1.29 is 0 Å². The second kappa shape index (κ2) is 5.83. The van der Waals surface area contributed by atoms with E-state index in [1.54, 1.807) is 10.9 Å². The molecule has 0 saturated heterocycles. The number of nitrogen functional groups attached to an aromatic ring is 2. The van der Waals surface area contributed by atoms with Crippen molar-refractivity contribution in [2.75, 3.05) is 11.5 Å². The summed E-state index contributed by atoms with van der Waals surface area (Å²) in [6.45, 7) is 2.61. The molecule has 0 aliphatic rings. The summed E-state index contributed by atoms with van der Waals surface area (Å²) < 4.78 is 1.72. The number of nitrogens with zero attached hydrogens (tertiary/aromatic N) is 5. The smallest absolute Gasteiger partial charge is 0.278 e. The predicted octanol–water partition coefficient (Wildman–Crippen LogP) is -1.05. The van der Waals surface area contributed by atoms with Gasteiger partial charge in [0.25, 0.3) is 11.1 Å². The molecule has 0 aromatic carbocycles. The van der Waals surface area contributed by atoms with Crippen LogP contribution in [0.15, 0.2) is 22.2 Å². The molecule has 124 valence electrons. The van der Waals surface area contributed by atoms with Crippen LogP contribution in [0.3, 0.4) is 0 Å². The molecule has 0 unspecified atom stereocenters. The second-order valence-electron chi connectivity index (χ2n) is 4.71. The third kappa shape index (κ3) is 2.67. The van der Waals surface area contributed by atoms with E-state index in [-0.39, 0.29) is 23.0 Å². The minimum atomic E-state index is -0.301. The fourth-order valence-electron chi connectivity index (χ4n) is 2.10. The maximum absolute atomic E-state index is 11.4. The number of hydrogen-bond donors (Lipinski definition) is 5. The Labute approximate surface area is 133 Å². The summed E-state index contributed by atoms with van der Waals surface area (Å²) >= 11 is 0. The average molecular weight is 330 g/mol. The molecule has 0 spiro atoms. The number of H-pyrrole nitrogens is 3. The lowest BCUT2D eigenvalue weighted by molar-refractivity contribution is 0.783. The Balaban J connectivity index is 0.000000143. The summed E-state index contributed by atoms with van der Waals surface area (Å²) in [4.78, 5) is 45.2. The summed E-state index contributed by atoms with van der Waals surface area (Å²) in [7, 11) is 0. The van der Waals surface area contributed by atoms with Crippen molar-refractivity contribution in [3.8, 4) is 0 Å². The van der Waals surface area contributed by atoms with E-state index in [1.165, 1.54) is 6.33 Å². The maximum Gasteiger partial charge on any atom is 0.278 e. The number of imidazole rings is 2. The number of hydrogen-bond acceptors (Lipinski definition) is 8. The van der Waals surface area contributed by atoms with Crippen LogP contribution in [0.4, 0.5) is 11.9 Å². The Bertz CT molecular complexity index is 1120. The van der Waals surface area contributed by atoms with Gasteiger partial charge in [0, 0.05) is 6.54 Å². The molecule has 0 fully saturated rings. The molecule has 24 heavy (non-hydrogen) atoms. The van der Waals surface area contributed by atoms with E-state index in [9.17, 15) is 9.59 Å². The second-order valence-corrected chi connectivity index (χ2v) is 4.71. The van der Waals surface area contributed by atoms with Gasteiger partial charge in [-0.15, -0.1) is 0 Å². The quantitative estimate of drug-likeness (QED) is 0.292. The highest BCUT2D eigenvalue weighted by atomic mass is 16.1. The SMILES string of the molecule is CCn1cnc2nc(N)[nH]c(=O)c21.Nc1nc2nc[nH]c2c(=O)[nH]1. The molecule has 0 bridgehead atoms. The molecular formula is C12H14N10O2. The number of rotatable bonds is 1. The largest absolute Gasteiger partial charge is 0.369 e. The van der Waals surface area contributed by atoms with Crippen molar-refractivity contribution in [1.82, 2.24) is 39.5 Å². The summed E-state index contributed by atoms with van der Waals surface area (Å²) in [5, 5.41) is 0. The molecule has 0 aliphatic heterocycles. The van der Waals surface area contributed by atoms with Crippen LogP contribution in [-0.4, -0.2) is 39.5 Å². The first-order chi connectivity index (χ1) is 11.5. The van der Waals surface area contributed by atoms with Crippen LogP contribution in [0.1, 0.15) is 6.92 Å². The maximum atomic E-state index is 11.4. The fraction of sp³-hybridized carbons (Fsp3) is 0.167. The predicted molar refractivity (Wildman–Crippen MR) is 87.2 cm³/mol. The van der Waals surface area contributed by atoms with Crippen LogP contribution < -0.4 is 22.6 Å². The Kier molecular flexibility index (Phi) is 3.69. The van der Waals surface area contributed by atoms with Gasteiger partial charge in [0.2, 0.25) is 11.9 Å². The van der Waals surface area contributed by atoms with Gasteiger partial charge in [-0.25, -0.2) is 9.97 Å². The molecular weight excluding hydrogens is 316 g/mol. The normalized spacial score (nSPS) is 10.7. The van der Waals surface area contributed by atoms with E-state index in [2.05, 4.69) is 34.9 Å². The molecule has 0 radical (unpaired) electrons. The van der Waals surface area contributed by atoms with Gasteiger partial charge < -0.3 is 21.0 Å². The molecule has 4 aromatic rings. The standard InChI is InChI=1S/C7H9N5O.C5H5N5O/c1-2-12-3-9-5-4(12)6(13)11-7(8)10-5;6-5-9-3-2(4(11)10-5)7-1-8-3/h3H,2H2,1H3,(H3,8,10,11,13);1H,(H4,6,7,8,9,10,11). The zero-order valence-electron chi connectivity index (χ0n) is 12.6. The molecule has 7 N–H and O–H groups in total. The van der Waals surface area contributed by atoms with E-state index in [4.69, 9.17) is 11.5 Å². The van der Waals surface area contributed by atoms with Gasteiger partial charge in [0.05, 0.1) is 12.7 Å². The van der Waals surface area contributed by atoms with Crippen LogP contribution in [-0.2, 0) is 6.54 Å². The van der Waals surface area contributed by atoms with Gasteiger partial charge in [0.1, 0.15) is 0 Å². The van der Waals surface area contributed by atoms with Crippen LogP contribution >= 0.6 is 0 Å². The van der Waals surface area contributed by atoms with Crippen molar-refractivity contribution in [1.29, 1.82) is 0 Å². The Morgan fingerprint density at radius 1 is 1.04 bits per heavy atom. The molecule has 0 saturated carbocycles. The highest BCUT2D eigenvalue weighted by Crippen LogP contribution is 2.04. The van der Waals surface area contributed by atoms with Gasteiger partial charge in [0.15, 0.2) is 22.3 Å². The number of aromatic amines is 3. The molecule has 12 nitrogen and oxygen atoms in total. The molecule has 4 aromatic heterocycles. The highest BCUT2D eigenvalue weighted by molar-refractivity contribution is 5.70. The number of nitrogens with one attached hydrogen (secondary N) is 3. The lowest BCUT2D eigenvalue weighted by atomic mass is 10.5. The zero-order valence-corrected chi connectivity index (χ0v) is 12.6. The van der Waals surface area contributed by atoms with E-state index in [0.29, 0.717) is 28.9 Å². The number of aromatic nitrogens is 8. The van der Waals surface area contributed by atoms with Gasteiger partial charge in [-0.05, 0) is 6.92 Å². The molecule has 0 amide bonds. The van der Waals surface area contributed by atoms with E-state index < -0.39 is 0 Å². The monoisotopic (exact) mass is 330 g/mol. The molecule has 0 aliphatic carbocycles. The van der Waals surface area contributed by atoms with Crippen molar-refractivity contribution in [3.63, 3.8) is 0 Å². The first kappa shape index (κ1) is 15.2. The average Bonchev–Trinajstić information content (AvgIpc) is 3.13. The van der Waals surface area contributed by atoms with Gasteiger partial charge in [-0.3, -0.25) is 19.6 Å². The summed E-state index contributed by atoms with van der Waals surface area (Å²) in [6.07, 6.45) is 2.97. The van der Waals surface area contributed by atoms with E-state index in [0.717, 1.165) is 0 Å². The first-order valence-electron chi connectivity index (χ1n) is 6.89. The van der Waals surface area contributed by atoms with E-state index in [1.807, 2.05) is 6.92 Å².